The van der Waals surface area contributed by atoms with Crippen LogP contribution in [-0.4, -0.2) is 10.5 Å². The molecule has 0 unspecified atom stereocenters. The molecule has 138 valence electrons. The normalized spacial score (nSPS) is 15.6. The SMILES string of the molecule is Cc1ccc(-n2cccc2)c(NC(=O)[C@@H](c2ccccc2)C2CCCC2)c1. The van der Waals surface area contributed by atoms with Crippen LogP contribution >= 0.6 is 0 Å². The Hall–Kier alpha value is -2.81. The van der Waals surface area contributed by atoms with E-state index in [1.807, 2.05) is 47.3 Å². The fourth-order valence-corrected chi connectivity index (χ4v) is 4.27. The number of nitrogens with one attached hydrogen (secondary N) is 1. The second-order valence-corrected chi connectivity index (χ2v) is 7.53. The van der Waals surface area contributed by atoms with Crippen molar-refractivity contribution >= 4 is 11.6 Å². The zero-order chi connectivity index (χ0) is 18.6. The zero-order valence-electron chi connectivity index (χ0n) is 15.8. The van der Waals surface area contributed by atoms with E-state index in [0.29, 0.717) is 5.92 Å². The number of hydrogen-bond acceptors (Lipinski definition) is 1. The van der Waals surface area contributed by atoms with E-state index < -0.39 is 0 Å². The molecule has 0 spiro atoms. The third kappa shape index (κ3) is 3.82. The van der Waals surface area contributed by atoms with Crippen molar-refractivity contribution in [1.29, 1.82) is 0 Å². The Kier molecular flexibility index (Phi) is 5.10. The van der Waals surface area contributed by atoms with Crippen LogP contribution in [-0.2, 0) is 4.79 Å². The predicted octanol–water partition coefficient (Wildman–Crippen LogP) is 5.70. The van der Waals surface area contributed by atoms with Gasteiger partial charge in [0.1, 0.15) is 0 Å². The molecule has 1 fully saturated rings. The van der Waals surface area contributed by atoms with Gasteiger partial charge in [0.25, 0.3) is 0 Å². The summed E-state index contributed by atoms with van der Waals surface area (Å²) in [5, 5.41) is 3.26. The lowest BCUT2D eigenvalue weighted by molar-refractivity contribution is -0.118. The van der Waals surface area contributed by atoms with Gasteiger partial charge in [-0.25, -0.2) is 0 Å². The lowest BCUT2D eigenvalue weighted by atomic mass is 9.84. The molecule has 2 aromatic carbocycles. The molecule has 4 rings (SSSR count). The van der Waals surface area contributed by atoms with E-state index in [2.05, 4.69) is 42.6 Å². The smallest absolute Gasteiger partial charge is 0.232 e. The highest BCUT2D eigenvalue weighted by atomic mass is 16.1. The molecule has 0 radical (unpaired) electrons. The van der Waals surface area contributed by atoms with Gasteiger partial charge in [-0.05, 0) is 61.1 Å². The number of rotatable bonds is 5. The van der Waals surface area contributed by atoms with E-state index >= 15 is 0 Å². The molecule has 1 atom stereocenters. The minimum absolute atomic E-state index is 0.0910. The van der Waals surface area contributed by atoms with Crippen LogP contribution in [0, 0.1) is 12.8 Å². The van der Waals surface area contributed by atoms with Crippen LogP contribution in [0.5, 0.6) is 0 Å². The summed E-state index contributed by atoms with van der Waals surface area (Å²) in [6.45, 7) is 2.06. The lowest BCUT2D eigenvalue weighted by Gasteiger charge is -2.24. The molecule has 0 bridgehead atoms. The van der Waals surface area contributed by atoms with Gasteiger partial charge in [0, 0.05) is 12.4 Å². The number of benzene rings is 2. The summed E-state index contributed by atoms with van der Waals surface area (Å²) in [4.78, 5) is 13.4. The molecule has 1 amide bonds. The number of nitrogens with zero attached hydrogens (tertiary/aromatic N) is 1. The van der Waals surface area contributed by atoms with Crippen molar-refractivity contribution < 1.29 is 4.79 Å². The highest BCUT2D eigenvalue weighted by Gasteiger charge is 2.32. The molecule has 1 aliphatic rings. The van der Waals surface area contributed by atoms with E-state index in [-0.39, 0.29) is 11.8 Å². The van der Waals surface area contributed by atoms with Gasteiger partial charge in [0.05, 0.1) is 17.3 Å². The summed E-state index contributed by atoms with van der Waals surface area (Å²) in [6, 6.07) is 20.5. The Balaban J connectivity index is 1.66. The summed E-state index contributed by atoms with van der Waals surface area (Å²) in [7, 11) is 0. The van der Waals surface area contributed by atoms with E-state index in [1.165, 1.54) is 12.8 Å². The molecule has 3 aromatic rings. The number of amides is 1. The van der Waals surface area contributed by atoms with Crippen LogP contribution in [0.3, 0.4) is 0 Å². The van der Waals surface area contributed by atoms with Gasteiger partial charge < -0.3 is 9.88 Å². The molecule has 0 aliphatic heterocycles. The average molecular weight is 358 g/mol. The molecule has 3 heteroatoms. The van der Waals surface area contributed by atoms with Gasteiger partial charge in [-0.1, -0.05) is 49.2 Å². The number of aryl methyl sites for hydroxylation is 1. The third-order valence-electron chi connectivity index (χ3n) is 5.60. The third-order valence-corrected chi connectivity index (χ3v) is 5.60. The molecule has 1 N–H and O–H groups in total. The summed E-state index contributed by atoms with van der Waals surface area (Å²) >= 11 is 0. The van der Waals surface area contributed by atoms with Crippen LogP contribution in [0.25, 0.3) is 5.69 Å². The van der Waals surface area contributed by atoms with Crippen LogP contribution < -0.4 is 5.32 Å². The molecular formula is C24H26N2O. The molecule has 27 heavy (non-hydrogen) atoms. The number of aromatic nitrogens is 1. The van der Waals surface area contributed by atoms with Crippen molar-refractivity contribution in [3.8, 4) is 5.69 Å². The van der Waals surface area contributed by atoms with Gasteiger partial charge >= 0.3 is 0 Å². The first kappa shape index (κ1) is 17.6. The van der Waals surface area contributed by atoms with Gasteiger partial charge in [0.15, 0.2) is 0 Å². The quantitative estimate of drug-likeness (QED) is 0.624. The Morgan fingerprint density at radius 3 is 2.41 bits per heavy atom. The molecular weight excluding hydrogens is 332 g/mol. The Labute approximate surface area is 161 Å². The Bertz CT molecular complexity index is 893. The highest BCUT2D eigenvalue weighted by Crippen LogP contribution is 2.38. The standard InChI is InChI=1S/C24H26N2O/c1-18-13-14-22(26-15-7-8-16-26)21(17-18)25-24(27)23(20-11-5-6-12-20)19-9-3-2-4-10-19/h2-4,7-10,13-17,20,23H,5-6,11-12H2,1H3,(H,25,27)/t23-/m0/s1. The van der Waals surface area contributed by atoms with Crippen molar-refractivity contribution in [2.75, 3.05) is 5.32 Å². The van der Waals surface area contributed by atoms with Crippen LogP contribution in [0.2, 0.25) is 0 Å². The average Bonchev–Trinajstić information content (AvgIpc) is 3.37. The van der Waals surface area contributed by atoms with Crippen molar-refractivity contribution in [3.05, 3.63) is 84.2 Å². The maximum absolute atomic E-state index is 13.4. The van der Waals surface area contributed by atoms with Crippen molar-refractivity contribution in [2.45, 2.75) is 38.5 Å². The molecule has 1 heterocycles. The van der Waals surface area contributed by atoms with Crippen molar-refractivity contribution in [1.82, 2.24) is 4.57 Å². The minimum Gasteiger partial charge on any atom is -0.324 e. The Morgan fingerprint density at radius 2 is 1.70 bits per heavy atom. The van der Waals surface area contributed by atoms with E-state index in [4.69, 9.17) is 0 Å². The van der Waals surface area contributed by atoms with Crippen molar-refractivity contribution in [2.24, 2.45) is 5.92 Å². The summed E-state index contributed by atoms with van der Waals surface area (Å²) in [5.41, 5.74) is 4.13. The van der Waals surface area contributed by atoms with E-state index in [1.54, 1.807) is 0 Å². The zero-order valence-corrected chi connectivity index (χ0v) is 15.8. The molecule has 1 saturated carbocycles. The fourth-order valence-electron chi connectivity index (χ4n) is 4.27. The first-order chi connectivity index (χ1) is 13.2. The maximum atomic E-state index is 13.4. The van der Waals surface area contributed by atoms with Crippen molar-refractivity contribution in [3.63, 3.8) is 0 Å². The van der Waals surface area contributed by atoms with Gasteiger partial charge in [0.2, 0.25) is 5.91 Å². The summed E-state index contributed by atoms with van der Waals surface area (Å²) < 4.78 is 2.04. The second kappa shape index (κ2) is 7.83. The Morgan fingerprint density at radius 1 is 1.00 bits per heavy atom. The van der Waals surface area contributed by atoms with Crippen LogP contribution in [0.4, 0.5) is 5.69 Å². The topological polar surface area (TPSA) is 34.0 Å². The van der Waals surface area contributed by atoms with Gasteiger partial charge in [-0.15, -0.1) is 0 Å². The fraction of sp³-hybridized carbons (Fsp3) is 0.292. The lowest BCUT2D eigenvalue weighted by Crippen LogP contribution is -2.27. The van der Waals surface area contributed by atoms with Gasteiger partial charge in [-0.3, -0.25) is 4.79 Å². The summed E-state index contributed by atoms with van der Waals surface area (Å²) in [6.07, 6.45) is 8.72. The van der Waals surface area contributed by atoms with Gasteiger partial charge in [-0.2, -0.15) is 0 Å². The number of carbonyl (C=O) groups excluding carboxylic acids is 1. The first-order valence-electron chi connectivity index (χ1n) is 9.82. The largest absolute Gasteiger partial charge is 0.324 e. The van der Waals surface area contributed by atoms with E-state index in [0.717, 1.165) is 35.3 Å². The maximum Gasteiger partial charge on any atom is 0.232 e. The van der Waals surface area contributed by atoms with Crippen LogP contribution in [0.1, 0.15) is 42.7 Å². The van der Waals surface area contributed by atoms with Crippen LogP contribution in [0.15, 0.2) is 73.1 Å². The van der Waals surface area contributed by atoms with E-state index in [9.17, 15) is 4.79 Å². The minimum atomic E-state index is -0.0910. The number of carbonyl (C=O) groups is 1. The molecule has 1 aromatic heterocycles. The number of anilines is 1. The molecule has 1 aliphatic carbocycles. The second-order valence-electron chi connectivity index (χ2n) is 7.53. The number of hydrogen-bond donors (Lipinski definition) is 1. The first-order valence-corrected chi connectivity index (χ1v) is 9.82. The monoisotopic (exact) mass is 358 g/mol. The summed E-state index contributed by atoms with van der Waals surface area (Å²) in [5.74, 6) is 0.436. The predicted molar refractivity (Wildman–Crippen MR) is 110 cm³/mol. The molecule has 0 saturated heterocycles. The highest BCUT2D eigenvalue weighted by molar-refractivity contribution is 5.97. The molecule has 3 nitrogen and oxygen atoms in total.